The van der Waals surface area contributed by atoms with Crippen LogP contribution in [-0.4, -0.2) is 12.6 Å². The number of nitrogens with two attached hydrogens (primary N) is 1. The number of benzene rings is 1. The van der Waals surface area contributed by atoms with Crippen molar-refractivity contribution in [1.29, 1.82) is 0 Å². The molecule has 0 unspecified atom stereocenters. The molecule has 3 nitrogen and oxygen atoms in total. The van der Waals surface area contributed by atoms with E-state index >= 15 is 0 Å². The molecular weight excluding hydrogens is 238 g/mol. The molecule has 17 heavy (non-hydrogen) atoms. The van der Waals surface area contributed by atoms with Gasteiger partial charge in [-0.15, -0.1) is 0 Å². The van der Waals surface area contributed by atoms with Gasteiger partial charge in [-0.3, -0.25) is 0 Å². The quantitative estimate of drug-likeness (QED) is 0.647. The van der Waals surface area contributed by atoms with Gasteiger partial charge < -0.3 is 10.5 Å². The van der Waals surface area contributed by atoms with Crippen molar-refractivity contribution in [1.82, 2.24) is 0 Å². The molecule has 0 saturated carbocycles. The van der Waals surface area contributed by atoms with Gasteiger partial charge >= 0.3 is 5.97 Å². The number of esters is 1. The van der Waals surface area contributed by atoms with Gasteiger partial charge in [-0.05, 0) is 24.1 Å². The van der Waals surface area contributed by atoms with Crippen LogP contribution in [-0.2, 0) is 4.74 Å². The summed E-state index contributed by atoms with van der Waals surface area (Å²) >= 11 is 5.84. The highest BCUT2D eigenvalue weighted by molar-refractivity contribution is 6.33. The highest BCUT2D eigenvalue weighted by atomic mass is 35.5. The highest BCUT2D eigenvalue weighted by Gasteiger charge is 2.11. The van der Waals surface area contributed by atoms with Gasteiger partial charge in [0.15, 0.2) is 0 Å². The molecule has 0 aliphatic carbocycles. The van der Waals surface area contributed by atoms with E-state index in [0.717, 1.165) is 12.8 Å². The van der Waals surface area contributed by atoms with Crippen LogP contribution in [0.15, 0.2) is 18.2 Å². The van der Waals surface area contributed by atoms with E-state index in [2.05, 4.69) is 13.8 Å². The first kappa shape index (κ1) is 13.8. The maximum absolute atomic E-state index is 11.7. The molecule has 1 aromatic carbocycles. The summed E-state index contributed by atoms with van der Waals surface area (Å²) in [7, 11) is 0. The minimum Gasteiger partial charge on any atom is -0.462 e. The Hall–Kier alpha value is -1.22. The number of nitrogen functional groups attached to an aromatic ring is 1. The van der Waals surface area contributed by atoms with Crippen LogP contribution in [0.25, 0.3) is 0 Å². The Bertz CT molecular complexity index is 389. The average Bonchev–Trinajstić information content (AvgIpc) is 2.33. The van der Waals surface area contributed by atoms with Crippen molar-refractivity contribution in [3.8, 4) is 0 Å². The van der Waals surface area contributed by atoms with E-state index in [9.17, 15) is 4.79 Å². The molecule has 0 fully saturated rings. The van der Waals surface area contributed by atoms with Crippen LogP contribution >= 0.6 is 11.6 Å². The monoisotopic (exact) mass is 255 g/mol. The van der Waals surface area contributed by atoms with Crippen LogP contribution in [0.4, 0.5) is 5.69 Å². The van der Waals surface area contributed by atoms with E-state index in [-0.39, 0.29) is 5.97 Å². The predicted molar refractivity (Wildman–Crippen MR) is 70.2 cm³/mol. The first-order valence-corrected chi connectivity index (χ1v) is 6.18. The molecule has 0 amide bonds. The zero-order valence-electron chi connectivity index (χ0n) is 10.2. The van der Waals surface area contributed by atoms with Gasteiger partial charge in [0.05, 0.1) is 22.9 Å². The summed E-state index contributed by atoms with van der Waals surface area (Å²) in [5.74, 6) is 0.0713. The lowest BCUT2D eigenvalue weighted by Crippen LogP contribution is -2.13. The van der Waals surface area contributed by atoms with Crippen LogP contribution in [0, 0.1) is 5.92 Å². The van der Waals surface area contributed by atoms with E-state index in [4.69, 9.17) is 22.1 Å². The zero-order valence-corrected chi connectivity index (χ0v) is 11.0. The molecule has 0 aliphatic rings. The summed E-state index contributed by atoms with van der Waals surface area (Å²) in [6.07, 6.45) is 2.01. The van der Waals surface area contributed by atoms with E-state index in [1.165, 1.54) is 6.07 Å². The third kappa shape index (κ3) is 3.93. The second-order valence-corrected chi connectivity index (χ2v) is 4.42. The fourth-order valence-electron chi connectivity index (χ4n) is 1.46. The molecule has 1 aromatic rings. The Kier molecular flexibility index (Phi) is 5.29. The largest absolute Gasteiger partial charge is 0.462 e. The Morgan fingerprint density at radius 3 is 2.59 bits per heavy atom. The summed E-state index contributed by atoms with van der Waals surface area (Å²) < 4.78 is 5.23. The molecule has 0 radical (unpaired) electrons. The summed E-state index contributed by atoms with van der Waals surface area (Å²) in [6.45, 7) is 4.62. The minimum absolute atomic E-state index is 0.348. The molecule has 0 atom stereocenters. The fourth-order valence-corrected chi connectivity index (χ4v) is 1.64. The third-order valence-electron chi connectivity index (χ3n) is 2.84. The Labute approximate surface area is 107 Å². The maximum Gasteiger partial charge on any atom is 0.338 e. The van der Waals surface area contributed by atoms with Crippen molar-refractivity contribution in [3.05, 3.63) is 28.8 Å². The van der Waals surface area contributed by atoms with Crippen molar-refractivity contribution in [2.75, 3.05) is 12.3 Å². The lowest BCUT2D eigenvalue weighted by Gasteiger charge is -2.12. The molecule has 0 saturated heterocycles. The fraction of sp³-hybridized carbons (Fsp3) is 0.462. The van der Waals surface area contributed by atoms with Crippen molar-refractivity contribution in [2.45, 2.75) is 26.7 Å². The van der Waals surface area contributed by atoms with Crippen LogP contribution in [0.5, 0.6) is 0 Å². The van der Waals surface area contributed by atoms with Crippen LogP contribution in [0.3, 0.4) is 0 Å². The van der Waals surface area contributed by atoms with Crippen molar-refractivity contribution >= 4 is 23.3 Å². The molecule has 0 heterocycles. The number of anilines is 1. The third-order valence-corrected chi connectivity index (χ3v) is 3.17. The first-order valence-electron chi connectivity index (χ1n) is 5.80. The van der Waals surface area contributed by atoms with Gasteiger partial charge in [0.1, 0.15) is 0 Å². The van der Waals surface area contributed by atoms with Crippen molar-refractivity contribution in [2.24, 2.45) is 5.92 Å². The second-order valence-electron chi connectivity index (χ2n) is 4.02. The number of carbonyl (C=O) groups is 1. The lowest BCUT2D eigenvalue weighted by molar-refractivity contribution is 0.0433. The Morgan fingerprint density at radius 2 is 2.06 bits per heavy atom. The summed E-state index contributed by atoms with van der Waals surface area (Å²) in [5, 5.41) is 0.377. The standard InChI is InChI=1S/C13H18ClNO2/c1-3-9(4-2)8-17-13(16)10-5-6-12(15)11(14)7-10/h5-7,9H,3-4,8,15H2,1-2H3. The molecule has 2 N–H and O–H groups in total. The smallest absolute Gasteiger partial charge is 0.338 e. The number of rotatable bonds is 5. The molecule has 0 aliphatic heterocycles. The molecule has 4 heteroatoms. The molecule has 94 valence electrons. The molecule has 0 bridgehead atoms. The van der Waals surface area contributed by atoms with Gasteiger partial charge in [-0.1, -0.05) is 38.3 Å². The van der Waals surface area contributed by atoms with Gasteiger partial charge in [0.25, 0.3) is 0 Å². The predicted octanol–water partition coefficient (Wildman–Crippen LogP) is 3.52. The number of carbonyl (C=O) groups excluding carboxylic acids is 1. The van der Waals surface area contributed by atoms with Crippen LogP contribution < -0.4 is 5.73 Å². The topological polar surface area (TPSA) is 52.3 Å². The van der Waals surface area contributed by atoms with E-state index in [1.54, 1.807) is 12.1 Å². The van der Waals surface area contributed by atoms with Crippen LogP contribution in [0.1, 0.15) is 37.0 Å². The lowest BCUT2D eigenvalue weighted by atomic mass is 10.1. The number of hydrogen-bond acceptors (Lipinski definition) is 3. The Morgan fingerprint density at radius 1 is 1.41 bits per heavy atom. The minimum atomic E-state index is -0.348. The molecule has 0 aromatic heterocycles. The molecule has 1 rings (SSSR count). The number of hydrogen-bond donors (Lipinski definition) is 1. The van der Waals surface area contributed by atoms with Crippen molar-refractivity contribution < 1.29 is 9.53 Å². The SMILES string of the molecule is CCC(CC)COC(=O)c1ccc(N)c(Cl)c1. The van der Waals surface area contributed by atoms with Gasteiger partial charge in [-0.2, -0.15) is 0 Å². The summed E-state index contributed by atoms with van der Waals surface area (Å²) in [4.78, 5) is 11.7. The normalized spacial score (nSPS) is 10.6. The van der Waals surface area contributed by atoms with Gasteiger partial charge in [0.2, 0.25) is 0 Å². The average molecular weight is 256 g/mol. The van der Waals surface area contributed by atoms with E-state index < -0.39 is 0 Å². The zero-order chi connectivity index (χ0) is 12.8. The Balaban J connectivity index is 2.61. The first-order chi connectivity index (χ1) is 8.08. The highest BCUT2D eigenvalue weighted by Crippen LogP contribution is 2.20. The van der Waals surface area contributed by atoms with E-state index in [0.29, 0.717) is 28.8 Å². The number of ether oxygens (including phenoxy) is 1. The summed E-state index contributed by atoms with van der Waals surface area (Å²) in [5.41, 5.74) is 6.47. The van der Waals surface area contributed by atoms with Crippen LogP contribution in [0.2, 0.25) is 5.02 Å². The maximum atomic E-state index is 11.7. The molecular formula is C13H18ClNO2. The summed E-state index contributed by atoms with van der Waals surface area (Å²) in [6, 6.07) is 4.76. The molecule has 0 spiro atoms. The van der Waals surface area contributed by atoms with Gasteiger partial charge in [0, 0.05) is 0 Å². The second kappa shape index (κ2) is 6.50. The van der Waals surface area contributed by atoms with Gasteiger partial charge in [-0.25, -0.2) is 4.79 Å². The number of halogens is 1. The van der Waals surface area contributed by atoms with Crippen molar-refractivity contribution in [3.63, 3.8) is 0 Å². The van der Waals surface area contributed by atoms with E-state index in [1.807, 2.05) is 0 Å².